The van der Waals surface area contributed by atoms with E-state index in [2.05, 4.69) is 40.9 Å². The van der Waals surface area contributed by atoms with Crippen LogP contribution in [0.5, 0.6) is 11.5 Å². The molecule has 0 bridgehead atoms. The highest BCUT2D eigenvalue weighted by Crippen LogP contribution is 2.34. The summed E-state index contributed by atoms with van der Waals surface area (Å²) < 4.78 is 12.3. The maximum Gasteiger partial charge on any atom is 0.174 e. The lowest BCUT2D eigenvalue weighted by molar-refractivity contribution is 0.228. The van der Waals surface area contributed by atoms with Crippen LogP contribution in [0.1, 0.15) is 26.3 Å². The van der Waals surface area contributed by atoms with E-state index in [4.69, 9.17) is 9.47 Å². The molecule has 0 unspecified atom stereocenters. The molecule has 0 fully saturated rings. The van der Waals surface area contributed by atoms with Crippen molar-refractivity contribution in [3.05, 3.63) is 21.3 Å². The largest absolute Gasteiger partial charge is 0.493 e. The Morgan fingerprint density at radius 3 is 2.59 bits per heavy atom. The van der Waals surface area contributed by atoms with Gasteiger partial charge in [-0.15, -0.1) is 0 Å². The van der Waals surface area contributed by atoms with Gasteiger partial charge in [-0.25, -0.2) is 0 Å². The summed E-state index contributed by atoms with van der Waals surface area (Å²) in [6, 6.07) is 4.16. The van der Waals surface area contributed by atoms with E-state index in [1.165, 1.54) is 5.56 Å². The Morgan fingerprint density at radius 2 is 2.06 bits per heavy atom. The van der Waals surface area contributed by atoms with Crippen molar-refractivity contribution in [1.29, 1.82) is 0 Å². The maximum absolute atomic E-state index is 5.77. The molecule has 1 rings (SSSR count). The standard InChI is InChI=1S/C13H20INO2/c1-5-15-8-10-6-11(14)13(17-9(2)3)12(7-10)16-4/h6-7,9,15H,5,8H2,1-4H3. The quantitative estimate of drug-likeness (QED) is 0.801. The lowest BCUT2D eigenvalue weighted by Crippen LogP contribution is -2.13. The predicted molar refractivity (Wildman–Crippen MR) is 78.9 cm³/mol. The number of halogens is 1. The van der Waals surface area contributed by atoms with Gasteiger partial charge in [0.2, 0.25) is 0 Å². The van der Waals surface area contributed by atoms with Crippen LogP contribution in [-0.2, 0) is 6.54 Å². The van der Waals surface area contributed by atoms with Crippen LogP contribution < -0.4 is 14.8 Å². The number of hydrogen-bond acceptors (Lipinski definition) is 3. The number of hydrogen-bond donors (Lipinski definition) is 1. The van der Waals surface area contributed by atoms with Crippen molar-refractivity contribution in [2.24, 2.45) is 0 Å². The van der Waals surface area contributed by atoms with Gasteiger partial charge in [0.1, 0.15) is 0 Å². The molecule has 0 aliphatic heterocycles. The summed E-state index contributed by atoms with van der Waals surface area (Å²) in [5.41, 5.74) is 1.21. The smallest absolute Gasteiger partial charge is 0.174 e. The van der Waals surface area contributed by atoms with Crippen LogP contribution in [0.25, 0.3) is 0 Å². The van der Waals surface area contributed by atoms with E-state index in [-0.39, 0.29) is 6.10 Å². The second-order valence-electron chi connectivity index (χ2n) is 4.06. The van der Waals surface area contributed by atoms with Crippen molar-refractivity contribution in [2.45, 2.75) is 33.4 Å². The molecule has 0 saturated heterocycles. The number of ether oxygens (including phenoxy) is 2. The first-order valence-corrected chi connectivity index (χ1v) is 6.90. The number of methoxy groups -OCH3 is 1. The SMILES string of the molecule is CCNCc1cc(I)c(OC(C)C)c(OC)c1. The summed E-state index contributed by atoms with van der Waals surface area (Å²) in [5.74, 6) is 1.64. The Labute approximate surface area is 117 Å². The van der Waals surface area contributed by atoms with Gasteiger partial charge in [-0.05, 0) is 60.7 Å². The van der Waals surface area contributed by atoms with Gasteiger partial charge < -0.3 is 14.8 Å². The van der Waals surface area contributed by atoms with Gasteiger partial charge in [0.05, 0.1) is 16.8 Å². The highest BCUT2D eigenvalue weighted by atomic mass is 127. The molecule has 0 amide bonds. The van der Waals surface area contributed by atoms with Crippen molar-refractivity contribution in [3.63, 3.8) is 0 Å². The second kappa shape index (κ2) is 7.06. The molecule has 0 aliphatic rings. The molecule has 4 heteroatoms. The normalized spacial score (nSPS) is 10.7. The van der Waals surface area contributed by atoms with E-state index in [1.54, 1.807) is 7.11 Å². The highest BCUT2D eigenvalue weighted by molar-refractivity contribution is 14.1. The van der Waals surface area contributed by atoms with E-state index < -0.39 is 0 Å². The second-order valence-corrected chi connectivity index (χ2v) is 5.22. The van der Waals surface area contributed by atoms with Crippen LogP contribution in [0, 0.1) is 3.57 Å². The Morgan fingerprint density at radius 1 is 1.35 bits per heavy atom. The molecule has 3 nitrogen and oxygen atoms in total. The number of nitrogens with one attached hydrogen (secondary N) is 1. The third-order valence-electron chi connectivity index (χ3n) is 2.22. The van der Waals surface area contributed by atoms with Crippen LogP contribution >= 0.6 is 22.6 Å². The molecule has 17 heavy (non-hydrogen) atoms. The van der Waals surface area contributed by atoms with Crippen molar-refractivity contribution in [1.82, 2.24) is 5.32 Å². The van der Waals surface area contributed by atoms with Gasteiger partial charge in [-0.2, -0.15) is 0 Å². The molecular weight excluding hydrogens is 329 g/mol. The summed E-state index contributed by atoms with van der Waals surface area (Å²) in [6.45, 7) is 7.94. The summed E-state index contributed by atoms with van der Waals surface area (Å²) in [7, 11) is 1.68. The first-order chi connectivity index (χ1) is 8.08. The molecule has 0 aromatic heterocycles. The Bertz CT molecular complexity index is 367. The fourth-order valence-corrected chi connectivity index (χ4v) is 2.29. The Kier molecular flexibility index (Phi) is 6.05. The molecule has 0 saturated carbocycles. The highest BCUT2D eigenvalue weighted by Gasteiger charge is 2.12. The van der Waals surface area contributed by atoms with E-state index in [9.17, 15) is 0 Å². The zero-order chi connectivity index (χ0) is 12.8. The van der Waals surface area contributed by atoms with E-state index in [0.29, 0.717) is 0 Å². The Balaban J connectivity index is 2.98. The lowest BCUT2D eigenvalue weighted by atomic mass is 10.2. The van der Waals surface area contributed by atoms with Crippen molar-refractivity contribution >= 4 is 22.6 Å². The monoisotopic (exact) mass is 349 g/mol. The van der Waals surface area contributed by atoms with Crippen molar-refractivity contribution < 1.29 is 9.47 Å². The summed E-state index contributed by atoms with van der Waals surface area (Å²) in [6.07, 6.45) is 0.150. The van der Waals surface area contributed by atoms with Crippen LogP contribution in [0.15, 0.2) is 12.1 Å². The molecule has 0 radical (unpaired) electrons. The Hall–Kier alpha value is -0.490. The zero-order valence-corrected chi connectivity index (χ0v) is 13.0. The molecule has 1 aromatic carbocycles. The van der Waals surface area contributed by atoms with Gasteiger partial charge in [0.15, 0.2) is 11.5 Å². The minimum absolute atomic E-state index is 0.150. The minimum atomic E-state index is 0.150. The molecule has 96 valence electrons. The van der Waals surface area contributed by atoms with Gasteiger partial charge in [0, 0.05) is 6.54 Å². The minimum Gasteiger partial charge on any atom is -0.493 e. The molecule has 0 spiro atoms. The average Bonchev–Trinajstić information content (AvgIpc) is 2.28. The van der Waals surface area contributed by atoms with Gasteiger partial charge in [0.25, 0.3) is 0 Å². The van der Waals surface area contributed by atoms with Crippen LogP contribution in [0.3, 0.4) is 0 Å². The zero-order valence-electron chi connectivity index (χ0n) is 10.8. The van der Waals surface area contributed by atoms with Gasteiger partial charge >= 0.3 is 0 Å². The van der Waals surface area contributed by atoms with E-state index in [0.717, 1.165) is 28.2 Å². The molecular formula is C13H20INO2. The topological polar surface area (TPSA) is 30.5 Å². The van der Waals surface area contributed by atoms with Crippen LogP contribution in [-0.4, -0.2) is 19.8 Å². The third kappa shape index (κ3) is 4.35. The number of rotatable bonds is 6. The molecule has 0 heterocycles. The molecule has 0 atom stereocenters. The van der Waals surface area contributed by atoms with Crippen LogP contribution in [0.4, 0.5) is 0 Å². The molecule has 1 aromatic rings. The summed E-state index contributed by atoms with van der Waals surface area (Å²) in [5, 5.41) is 3.30. The molecule has 0 aliphatic carbocycles. The third-order valence-corrected chi connectivity index (χ3v) is 3.02. The maximum atomic E-state index is 5.77. The first kappa shape index (κ1) is 14.6. The lowest BCUT2D eigenvalue weighted by Gasteiger charge is -2.16. The van der Waals surface area contributed by atoms with Gasteiger partial charge in [-0.3, -0.25) is 0 Å². The number of benzene rings is 1. The van der Waals surface area contributed by atoms with E-state index >= 15 is 0 Å². The first-order valence-electron chi connectivity index (χ1n) is 5.82. The van der Waals surface area contributed by atoms with Crippen molar-refractivity contribution in [2.75, 3.05) is 13.7 Å². The summed E-state index contributed by atoms with van der Waals surface area (Å²) in [4.78, 5) is 0. The molecule has 1 N–H and O–H groups in total. The fourth-order valence-electron chi connectivity index (χ4n) is 1.49. The predicted octanol–water partition coefficient (Wildman–Crippen LogP) is 3.20. The van der Waals surface area contributed by atoms with Gasteiger partial charge in [-0.1, -0.05) is 6.92 Å². The average molecular weight is 349 g/mol. The fraction of sp³-hybridized carbons (Fsp3) is 0.538. The van der Waals surface area contributed by atoms with E-state index in [1.807, 2.05) is 19.9 Å². The van der Waals surface area contributed by atoms with Crippen molar-refractivity contribution in [3.8, 4) is 11.5 Å². The van der Waals surface area contributed by atoms with Crippen LogP contribution in [0.2, 0.25) is 0 Å². The summed E-state index contributed by atoms with van der Waals surface area (Å²) >= 11 is 2.29.